The van der Waals surface area contributed by atoms with Crippen LogP contribution in [-0.2, 0) is 33.2 Å². The van der Waals surface area contributed by atoms with Gasteiger partial charge in [0.2, 0.25) is 0 Å². The molecule has 0 radical (unpaired) electrons. The van der Waals surface area contributed by atoms with Crippen LogP contribution in [0.2, 0.25) is 0 Å². The maximum Gasteiger partial charge on any atom is 0.0637 e. The molecule has 19 nitrogen and oxygen atoms in total. The Bertz CT molecular complexity index is 724. The first-order chi connectivity index (χ1) is 28.7. The van der Waals surface area contributed by atoms with Gasteiger partial charge >= 0.3 is 0 Å². The summed E-state index contributed by atoms with van der Waals surface area (Å²) in [4.78, 5) is 0. The van der Waals surface area contributed by atoms with E-state index in [1.54, 1.807) is 0 Å². The molecule has 356 valence electrons. The van der Waals surface area contributed by atoms with Gasteiger partial charge in [0, 0.05) is 115 Å². The van der Waals surface area contributed by atoms with E-state index in [0.29, 0.717) is 38.5 Å². The van der Waals surface area contributed by atoms with Crippen molar-refractivity contribution in [3.8, 4) is 0 Å². The molecular weight excluding hydrogens is 784 g/mol. The smallest absolute Gasteiger partial charge is 0.0637 e. The fourth-order valence-electron chi connectivity index (χ4n) is 6.10. The van der Waals surface area contributed by atoms with Gasteiger partial charge in [-0.3, -0.25) is 0 Å². The molecule has 0 aromatic rings. The summed E-state index contributed by atoms with van der Waals surface area (Å²) in [7, 11) is 0. The number of hydrogen-bond donors (Lipinski definition) is 12. The minimum atomic E-state index is -1.05. The molecule has 59 heavy (non-hydrogen) atoms. The molecule has 0 heterocycles. The maximum absolute atomic E-state index is 9.86. The standard InChI is InChI=1S/C40H82O19/c41-7-1-33(13-47)19-53-25-39(26-54-20-34(14-48)2-8-42,27-55-21-35(15-49)3-9-43)31-59-32-40(28-56-22-36(16-50)4-10-44,29-57-23-37(17-51)5-11-45)30-58-24-38(18-52)6-12-46/h33-38,41-52H,1-32H2. The number of aliphatic hydroxyl groups is 12. The molecule has 0 bridgehead atoms. The van der Waals surface area contributed by atoms with Crippen molar-refractivity contribution in [2.45, 2.75) is 38.5 Å². The van der Waals surface area contributed by atoms with Gasteiger partial charge in [-0.05, 0) is 38.5 Å². The SMILES string of the molecule is OCCC(CO)COCC(COCC(CO)CCO)(COCC(CO)CCO)COCC(COCC(CO)CCO)(COCC(CO)CCO)COCC(CO)CCO. The minimum Gasteiger partial charge on any atom is -0.396 e. The largest absolute Gasteiger partial charge is 0.396 e. The van der Waals surface area contributed by atoms with Crippen LogP contribution in [0.4, 0.5) is 0 Å². The van der Waals surface area contributed by atoms with E-state index in [2.05, 4.69) is 0 Å². The van der Waals surface area contributed by atoms with Crippen LogP contribution in [0.25, 0.3) is 0 Å². The van der Waals surface area contributed by atoms with Gasteiger partial charge in [0.1, 0.15) is 0 Å². The average molecular weight is 867 g/mol. The Kier molecular flexibility index (Phi) is 38.4. The second kappa shape index (κ2) is 38.9. The minimum absolute atomic E-state index is 0.0168. The molecule has 0 saturated carbocycles. The number of aliphatic hydroxyl groups excluding tert-OH is 12. The van der Waals surface area contributed by atoms with Crippen molar-refractivity contribution in [3.63, 3.8) is 0 Å². The molecule has 0 fully saturated rings. The molecule has 0 spiro atoms. The molecule has 0 aliphatic rings. The lowest BCUT2D eigenvalue weighted by Crippen LogP contribution is -2.47. The molecule has 6 atom stereocenters. The third-order valence-corrected chi connectivity index (χ3v) is 10.2. The molecule has 12 N–H and O–H groups in total. The molecule has 6 unspecified atom stereocenters. The molecule has 0 aromatic heterocycles. The predicted octanol–water partition coefficient (Wildman–Crippen LogP) is -2.98. The predicted molar refractivity (Wildman–Crippen MR) is 214 cm³/mol. The number of ether oxygens (including phenoxy) is 7. The molecule has 0 rings (SSSR count). The van der Waals surface area contributed by atoms with Gasteiger partial charge in [-0.25, -0.2) is 0 Å². The molecular formula is C40H82O19. The Labute approximate surface area is 350 Å². The zero-order chi connectivity index (χ0) is 44.0. The van der Waals surface area contributed by atoms with Crippen LogP contribution in [0.15, 0.2) is 0 Å². The quantitative estimate of drug-likeness (QED) is 0.0291. The van der Waals surface area contributed by atoms with E-state index in [1.807, 2.05) is 0 Å². The highest BCUT2D eigenvalue weighted by molar-refractivity contribution is 4.84. The van der Waals surface area contributed by atoms with Crippen LogP contribution in [0.1, 0.15) is 38.5 Å². The highest BCUT2D eigenvalue weighted by Crippen LogP contribution is 2.27. The van der Waals surface area contributed by atoms with Crippen LogP contribution in [0, 0.1) is 46.3 Å². The van der Waals surface area contributed by atoms with E-state index < -0.39 is 10.8 Å². The van der Waals surface area contributed by atoms with E-state index in [9.17, 15) is 61.3 Å². The lowest BCUT2D eigenvalue weighted by atomic mass is 9.90. The Morgan fingerprint density at radius 2 is 0.390 bits per heavy atom. The second-order valence-electron chi connectivity index (χ2n) is 15.9. The lowest BCUT2D eigenvalue weighted by molar-refractivity contribution is -0.152. The molecule has 0 saturated heterocycles. The van der Waals surface area contributed by atoms with Crippen LogP contribution < -0.4 is 0 Å². The zero-order valence-electron chi connectivity index (χ0n) is 35.3. The second-order valence-corrected chi connectivity index (χ2v) is 15.9. The fourth-order valence-corrected chi connectivity index (χ4v) is 6.10. The molecule has 0 aliphatic carbocycles. The third-order valence-electron chi connectivity index (χ3n) is 10.2. The first-order valence-electron chi connectivity index (χ1n) is 21.0. The van der Waals surface area contributed by atoms with E-state index in [1.165, 1.54) is 0 Å². The fraction of sp³-hybridized carbons (Fsp3) is 1.00. The topological polar surface area (TPSA) is 307 Å². The molecule has 0 aliphatic heterocycles. The molecule has 0 aromatic carbocycles. The van der Waals surface area contributed by atoms with Gasteiger partial charge in [0.15, 0.2) is 0 Å². The van der Waals surface area contributed by atoms with Gasteiger partial charge in [-0.15, -0.1) is 0 Å². The van der Waals surface area contributed by atoms with E-state index in [-0.39, 0.29) is 207 Å². The van der Waals surface area contributed by atoms with Crippen molar-refractivity contribution in [3.05, 3.63) is 0 Å². The molecule has 19 heteroatoms. The van der Waals surface area contributed by atoms with E-state index >= 15 is 0 Å². The van der Waals surface area contributed by atoms with Gasteiger partial charge in [0.05, 0.1) is 103 Å². The van der Waals surface area contributed by atoms with Crippen molar-refractivity contribution in [2.24, 2.45) is 46.3 Å². The van der Waals surface area contributed by atoms with Crippen LogP contribution in [0.3, 0.4) is 0 Å². The monoisotopic (exact) mass is 867 g/mol. The van der Waals surface area contributed by atoms with E-state index in [0.717, 1.165) is 0 Å². The molecule has 0 amide bonds. The summed E-state index contributed by atoms with van der Waals surface area (Å²) in [6.45, 7) is -1.95. The van der Waals surface area contributed by atoms with Gasteiger partial charge < -0.3 is 94.4 Å². The van der Waals surface area contributed by atoms with Crippen molar-refractivity contribution < 1.29 is 94.4 Å². The normalized spacial score (nSPS) is 17.3. The highest BCUT2D eigenvalue weighted by atomic mass is 16.5. The Balaban J connectivity index is 6.81. The van der Waals surface area contributed by atoms with E-state index in [4.69, 9.17) is 33.2 Å². The summed E-state index contributed by atoms with van der Waals surface area (Å²) in [6, 6.07) is 0. The summed E-state index contributed by atoms with van der Waals surface area (Å²) in [5, 5.41) is 116. The van der Waals surface area contributed by atoms with Crippen LogP contribution in [-0.4, -0.2) is 233 Å². The van der Waals surface area contributed by atoms with Crippen LogP contribution >= 0.6 is 0 Å². The van der Waals surface area contributed by atoms with Gasteiger partial charge in [-0.1, -0.05) is 0 Å². The highest BCUT2D eigenvalue weighted by Gasteiger charge is 2.38. The summed E-state index contributed by atoms with van der Waals surface area (Å²) in [6.07, 6.45) is 1.80. The Morgan fingerprint density at radius 3 is 0.525 bits per heavy atom. The van der Waals surface area contributed by atoms with Crippen LogP contribution in [0.5, 0.6) is 0 Å². The summed E-state index contributed by atoms with van der Waals surface area (Å²) in [5.74, 6) is -2.16. The van der Waals surface area contributed by atoms with Crippen molar-refractivity contribution >= 4 is 0 Å². The summed E-state index contributed by atoms with van der Waals surface area (Å²) in [5.41, 5.74) is -2.11. The number of rotatable bonds is 46. The Hall–Kier alpha value is -0.760. The van der Waals surface area contributed by atoms with Crippen molar-refractivity contribution in [1.29, 1.82) is 0 Å². The third kappa shape index (κ3) is 27.8. The number of hydrogen-bond acceptors (Lipinski definition) is 19. The first-order valence-corrected chi connectivity index (χ1v) is 21.0. The van der Waals surface area contributed by atoms with Gasteiger partial charge in [-0.2, -0.15) is 0 Å². The lowest BCUT2D eigenvalue weighted by Gasteiger charge is -2.38. The van der Waals surface area contributed by atoms with Crippen molar-refractivity contribution in [2.75, 3.05) is 172 Å². The Morgan fingerprint density at radius 1 is 0.237 bits per heavy atom. The summed E-state index contributed by atoms with van der Waals surface area (Å²) >= 11 is 0. The average Bonchev–Trinajstić information content (AvgIpc) is 3.24. The van der Waals surface area contributed by atoms with Crippen molar-refractivity contribution in [1.82, 2.24) is 0 Å². The first kappa shape index (κ1) is 58.2. The maximum atomic E-state index is 9.86. The zero-order valence-corrected chi connectivity index (χ0v) is 35.3. The van der Waals surface area contributed by atoms with Gasteiger partial charge in [0.25, 0.3) is 0 Å². The summed E-state index contributed by atoms with van der Waals surface area (Å²) < 4.78 is 43.3.